The van der Waals surface area contributed by atoms with Gasteiger partial charge in [-0.2, -0.15) is 0 Å². The number of anilines is 1. The third-order valence-electron chi connectivity index (χ3n) is 6.85. The molecular formula is C31H36N2O4. The first-order valence-electron chi connectivity index (χ1n) is 13.1. The number of amides is 1. The Morgan fingerprint density at radius 3 is 2.27 bits per heavy atom. The molecule has 0 aromatic heterocycles. The van der Waals surface area contributed by atoms with Gasteiger partial charge in [0.05, 0.1) is 19.2 Å². The number of hydrogen-bond donors (Lipinski definition) is 1. The summed E-state index contributed by atoms with van der Waals surface area (Å²) >= 11 is 0. The van der Waals surface area contributed by atoms with Crippen molar-refractivity contribution < 1.29 is 19.1 Å². The van der Waals surface area contributed by atoms with Crippen LogP contribution in [-0.4, -0.2) is 49.8 Å². The van der Waals surface area contributed by atoms with Crippen LogP contribution < -0.4 is 5.32 Å². The summed E-state index contributed by atoms with van der Waals surface area (Å²) in [5.74, 6) is -0.212. The average molecular weight is 501 g/mol. The van der Waals surface area contributed by atoms with E-state index in [0.717, 1.165) is 74.1 Å². The molecule has 3 aromatic carbocycles. The van der Waals surface area contributed by atoms with E-state index in [1.165, 1.54) is 12.7 Å². The van der Waals surface area contributed by atoms with Gasteiger partial charge in [-0.3, -0.25) is 10.1 Å². The van der Waals surface area contributed by atoms with Gasteiger partial charge in [0, 0.05) is 18.7 Å². The number of likely N-dealkylation sites (tertiary alicyclic amines) is 1. The van der Waals surface area contributed by atoms with Gasteiger partial charge in [-0.15, -0.1) is 0 Å². The quantitative estimate of drug-likeness (QED) is 0.269. The highest BCUT2D eigenvalue weighted by atomic mass is 16.6. The monoisotopic (exact) mass is 500 g/mol. The number of benzene rings is 3. The van der Waals surface area contributed by atoms with Crippen LogP contribution in [0.2, 0.25) is 0 Å². The molecule has 1 saturated heterocycles. The van der Waals surface area contributed by atoms with Crippen LogP contribution in [-0.2, 0) is 27.1 Å². The summed E-state index contributed by atoms with van der Waals surface area (Å²) in [6.07, 6.45) is 4.87. The molecule has 0 atom stereocenters. The van der Waals surface area contributed by atoms with Gasteiger partial charge in [0.2, 0.25) is 0 Å². The summed E-state index contributed by atoms with van der Waals surface area (Å²) in [6.45, 7) is 2.95. The van der Waals surface area contributed by atoms with Crippen LogP contribution in [0, 0.1) is 0 Å². The zero-order valence-electron chi connectivity index (χ0n) is 21.5. The Morgan fingerprint density at radius 1 is 0.865 bits per heavy atom. The summed E-state index contributed by atoms with van der Waals surface area (Å²) in [6, 6.07) is 26.0. The van der Waals surface area contributed by atoms with Crippen molar-refractivity contribution in [3.63, 3.8) is 0 Å². The fourth-order valence-corrected chi connectivity index (χ4v) is 4.73. The number of esters is 1. The number of carbonyl (C=O) groups excluding carboxylic acids is 2. The van der Waals surface area contributed by atoms with E-state index in [4.69, 9.17) is 9.47 Å². The first-order chi connectivity index (χ1) is 18.1. The predicted octanol–water partition coefficient (Wildman–Crippen LogP) is 6.10. The van der Waals surface area contributed by atoms with Gasteiger partial charge >= 0.3 is 12.1 Å². The first-order valence-corrected chi connectivity index (χ1v) is 13.1. The lowest BCUT2D eigenvalue weighted by Crippen LogP contribution is -2.38. The summed E-state index contributed by atoms with van der Waals surface area (Å²) < 4.78 is 10.5. The lowest BCUT2D eigenvalue weighted by Gasteiger charge is -2.31. The molecule has 1 aliphatic heterocycles. The van der Waals surface area contributed by atoms with E-state index in [9.17, 15) is 9.59 Å². The number of unbranched alkanes of at least 4 members (excludes halogenated alkanes) is 1. The number of nitrogens with zero attached hydrogens (tertiary/aromatic N) is 1. The summed E-state index contributed by atoms with van der Waals surface area (Å²) in [4.78, 5) is 26.5. The van der Waals surface area contributed by atoms with Crippen molar-refractivity contribution in [2.24, 2.45) is 0 Å². The molecule has 4 rings (SSSR count). The van der Waals surface area contributed by atoms with E-state index in [1.54, 1.807) is 0 Å². The van der Waals surface area contributed by atoms with Gasteiger partial charge in [-0.1, -0.05) is 72.8 Å². The fourth-order valence-electron chi connectivity index (χ4n) is 4.73. The fraction of sp³-hybridized carbons (Fsp3) is 0.355. The number of rotatable bonds is 10. The Bertz CT molecular complexity index is 1140. The van der Waals surface area contributed by atoms with Crippen LogP contribution >= 0.6 is 0 Å². The molecule has 1 amide bonds. The molecule has 6 nitrogen and oxygen atoms in total. The molecule has 0 radical (unpaired) electrons. The van der Waals surface area contributed by atoms with Crippen molar-refractivity contribution in [3.05, 3.63) is 90.0 Å². The van der Waals surface area contributed by atoms with Gasteiger partial charge in [-0.05, 0) is 61.4 Å². The molecule has 0 aliphatic carbocycles. The van der Waals surface area contributed by atoms with Crippen LogP contribution in [0.5, 0.6) is 0 Å². The van der Waals surface area contributed by atoms with Gasteiger partial charge in [-0.25, -0.2) is 4.79 Å². The molecule has 194 valence electrons. The zero-order valence-corrected chi connectivity index (χ0v) is 21.5. The second kappa shape index (κ2) is 13.6. The maximum absolute atomic E-state index is 12.6. The molecule has 6 heteroatoms. The Kier molecular flexibility index (Phi) is 9.72. The minimum absolute atomic E-state index is 0.0522. The SMILES string of the molecule is COC(=O)Cc1ccc(CCCCN2CCC(OC(=O)Nc3ccccc3-c3ccccc3)CC2)cc1. The maximum atomic E-state index is 12.6. The zero-order chi connectivity index (χ0) is 25.9. The lowest BCUT2D eigenvalue weighted by molar-refractivity contribution is -0.139. The molecule has 1 heterocycles. The van der Waals surface area contributed by atoms with Crippen molar-refractivity contribution in [2.75, 3.05) is 32.1 Å². The molecule has 37 heavy (non-hydrogen) atoms. The lowest BCUT2D eigenvalue weighted by atomic mass is 10.0. The number of nitrogens with one attached hydrogen (secondary N) is 1. The Hall–Kier alpha value is -3.64. The van der Waals surface area contributed by atoms with Crippen LogP contribution in [0.3, 0.4) is 0 Å². The highest BCUT2D eigenvalue weighted by Gasteiger charge is 2.22. The largest absolute Gasteiger partial charge is 0.469 e. The molecule has 3 aromatic rings. The van der Waals surface area contributed by atoms with E-state index >= 15 is 0 Å². The number of piperidine rings is 1. The molecule has 1 fully saturated rings. The van der Waals surface area contributed by atoms with Crippen LogP contribution in [0.1, 0.15) is 36.8 Å². The maximum Gasteiger partial charge on any atom is 0.411 e. The second-order valence-corrected chi connectivity index (χ2v) is 9.51. The van der Waals surface area contributed by atoms with Crippen molar-refractivity contribution in [3.8, 4) is 11.1 Å². The Morgan fingerprint density at radius 2 is 1.54 bits per heavy atom. The Labute approximate surface area is 219 Å². The highest BCUT2D eigenvalue weighted by Crippen LogP contribution is 2.28. The van der Waals surface area contributed by atoms with E-state index in [-0.39, 0.29) is 18.2 Å². The smallest absolute Gasteiger partial charge is 0.411 e. The standard InChI is InChI=1S/C31H36N2O4/c1-36-30(34)23-25-16-14-24(15-17-25)9-7-8-20-33-21-18-27(19-22-33)37-31(35)32-29-13-6-5-12-28(29)26-10-3-2-4-11-26/h2-6,10-17,27H,7-9,18-23H2,1H3,(H,32,35). The van der Waals surface area contributed by atoms with Gasteiger partial charge in [0.25, 0.3) is 0 Å². The average Bonchev–Trinajstić information content (AvgIpc) is 2.93. The number of methoxy groups -OCH3 is 1. The molecule has 0 unspecified atom stereocenters. The van der Waals surface area contributed by atoms with Crippen molar-refractivity contribution >= 4 is 17.7 Å². The molecule has 0 spiro atoms. The minimum Gasteiger partial charge on any atom is -0.469 e. The number of ether oxygens (including phenoxy) is 2. The molecule has 0 saturated carbocycles. The van der Waals surface area contributed by atoms with Gasteiger partial charge < -0.3 is 14.4 Å². The summed E-state index contributed by atoms with van der Waals surface area (Å²) in [5, 5.41) is 2.94. The summed E-state index contributed by atoms with van der Waals surface area (Å²) in [5.41, 5.74) is 5.07. The first kappa shape index (κ1) is 26.4. The second-order valence-electron chi connectivity index (χ2n) is 9.51. The molecular weight excluding hydrogens is 464 g/mol. The third kappa shape index (κ3) is 8.19. The van der Waals surface area contributed by atoms with Crippen LogP contribution in [0.4, 0.5) is 10.5 Å². The normalized spacial score (nSPS) is 14.2. The van der Waals surface area contributed by atoms with E-state index < -0.39 is 0 Å². The molecule has 0 bridgehead atoms. The van der Waals surface area contributed by atoms with Crippen LogP contribution in [0.15, 0.2) is 78.9 Å². The van der Waals surface area contributed by atoms with E-state index in [0.29, 0.717) is 6.42 Å². The van der Waals surface area contributed by atoms with Crippen molar-refractivity contribution in [1.29, 1.82) is 0 Å². The number of aryl methyl sites for hydroxylation is 1. The highest BCUT2D eigenvalue weighted by molar-refractivity contribution is 5.91. The van der Waals surface area contributed by atoms with Crippen molar-refractivity contribution in [2.45, 2.75) is 44.6 Å². The van der Waals surface area contributed by atoms with Gasteiger partial charge in [0.15, 0.2) is 0 Å². The van der Waals surface area contributed by atoms with E-state index in [2.05, 4.69) is 22.3 Å². The third-order valence-corrected chi connectivity index (χ3v) is 6.85. The minimum atomic E-state index is -0.389. The number of hydrogen-bond acceptors (Lipinski definition) is 5. The number of carbonyl (C=O) groups is 2. The number of para-hydroxylation sites is 1. The molecule has 1 aliphatic rings. The van der Waals surface area contributed by atoms with Crippen molar-refractivity contribution in [1.82, 2.24) is 4.90 Å². The topological polar surface area (TPSA) is 67.9 Å². The summed E-state index contributed by atoms with van der Waals surface area (Å²) in [7, 11) is 1.41. The predicted molar refractivity (Wildman–Crippen MR) is 147 cm³/mol. The van der Waals surface area contributed by atoms with E-state index in [1.807, 2.05) is 66.7 Å². The van der Waals surface area contributed by atoms with Crippen LogP contribution in [0.25, 0.3) is 11.1 Å². The Balaban J connectivity index is 1.14. The van der Waals surface area contributed by atoms with Gasteiger partial charge in [0.1, 0.15) is 6.10 Å². The molecule has 1 N–H and O–H groups in total.